The average Bonchev–Trinajstić information content (AvgIpc) is 3.22. The summed E-state index contributed by atoms with van der Waals surface area (Å²) in [4.78, 5) is 39.9. The first-order valence-corrected chi connectivity index (χ1v) is 14.7. The van der Waals surface area contributed by atoms with E-state index < -0.39 is 0 Å². The van der Waals surface area contributed by atoms with Crippen LogP contribution in [-0.4, -0.2) is 44.3 Å². The molecule has 0 aromatic carbocycles. The standard InChI is InChI=1S/C30H37ClN6O2S/c1-29(2,3)24-15-13-21(27(31)34-24)28(39)36-40-26-11-8-10-25(35-26)33-23(22-9-6-7-16-32-22)14-12-20-17-30(4,5)37(18-20)19-38/h6-11,13,15-16,19-20,23H,12,14,17-18H2,1-5H3,(H,33,35)(H,36,39). The monoisotopic (exact) mass is 580 g/mol. The minimum Gasteiger partial charge on any atom is -0.362 e. The Balaban J connectivity index is 1.41. The molecule has 2 amide bonds. The van der Waals surface area contributed by atoms with Crippen LogP contribution in [0.15, 0.2) is 59.8 Å². The van der Waals surface area contributed by atoms with Crippen molar-refractivity contribution >= 4 is 41.7 Å². The van der Waals surface area contributed by atoms with Crippen molar-refractivity contribution in [3.8, 4) is 0 Å². The van der Waals surface area contributed by atoms with Crippen LogP contribution in [0, 0.1) is 5.92 Å². The van der Waals surface area contributed by atoms with Crippen molar-refractivity contribution in [3.63, 3.8) is 0 Å². The number of pyridine rings is 3. The van der Waals surface area contributed by atoms with Gasteiger partial charge in [-0.15, -0.1) is 0 Å². The van der Waals surface area contributed by atoms with E-state index in [1.54, 1.807) is 12.3 Å². The normalized spacial score (nSPS) is 17.4. The van der Waals surface area contributed by atoms with Gasteiger partial charge in [-0.1, -0.05) is 44.5 Å². The summed E-state index contributed by atoms with van der Waals surface area (Å²) in [6.45, 7) is 11.1. The fraction of sp³-hybridized carbons (Fsp3) is 0.433. The number of carbonyl (C=O) groups is 2. The molecule has 4 rings (SSSR count). The Kier molecular flexibility index (Phi) is 9.36. The Labute approximate surface area is 245 Å². The lowest BCUT2D eigenvalue weighted by Gasteiger charge is -2.27. The molecule has 1 aliphatic heterocycles. The van der Waals surface area contributed by atoms with Gasteiger partial charge in [0.1, 0.15) is 16.0 Å². The number of hydrogen-bond donors (Lipinski definition) is 2. The maximum Gasteiger partial charge on any atom is 0.264 e. The van der Waals surface area contributed by atoms with Gasteiger partial charge >= 0.3 is 0 Å². The van der Waals surface area contributed by atoms with Gasteiger partial charge in [0.05, 0.1) is 17.3 Å². The van der Waals surface area contributed by atoms with E-state index in [0.29, 0.717) is 22.3 Å². The van der Waals surface area contributed by atoms with Gasteiger partial charge < -0.3 is 10.2 Å². The summed E-state index contributed by atoms with van der Waals surface area (Å²) in [7, 11) is 0. The van der Waals surface area contributed by atoms with Gasteiger partial charge in [-0.3, -0.25) is 19.3 Å². The van der Waals surface area contributed by atoms with E-state index in [9.17, 15) is 9.59 Å². The smallest absolute Gasteiger partial charge is 0.264 e. The van der Waals surface area contributed by atoms with Crippen molar-refractivity contribution in [2.24, 2.45) is 5.92 Å². The van der Waals surface area contributed by atoms with E-state index in [1.807, 2.05) is 68.1 Å². The Morgan fingerprint density at radius 1 is 1.18 bits per heavy atom. The van der Waals surface area contributed by atoms with E-state index in [4.69, 9.17) is 16.6 Å². The van der Waals surface area contributed by atoms with Gasteiger partial charge in [0.25, 0.3) is 5.91 Å². The summed E-state index contributed by atoms with van der Waals surface area (Å²) in [5.74, 6) is 0.779. The Morgan fingerprint density at radius 3 is 2.62 bits per heavy atom. The highest BCUT2D eigenvalue weighted by atomic mass is 35.5. The Morgan fingerprint density at radius 2 is 1.98 bits per heavy atom. The molecule has 40 heavy (non-hydrogen) atoms. The van der Waals surface area contributed by atoms with Crippen molar-refractivity contribution < 1.29 is 9.59 Å². The molecule has 2 unspecified atom stereocenters. The molecule has 212 valence electrons. The highest BCUT2D eigenvalue weighted by molar-refractivity contribution is 7.97. The van der Waals surface area contributed by atoms with Crippen LogP contribution < -0.4 is 10.0 Å². The van der Waals surface area contributed by atoms with Crippen LogP contribution in [-0.2, 0) is 10.2 Å². The fourth-order valence-electron chi connectivity index (χ4n) is 4.98. The quantitative estimate of drug-likeness (QED) is 0.161. The molecule has 3 aromatic heterocycles. The SMILES string of the molecule is CC(C)(C)c1ccc(C(=O)NSc2cccc(NC(CCC3CN(C=O)C(C)(C)C3)c3ccccn3)n2)c(Cl)n1. The average molecular weight is 581 g/mol. The first kappa shape index (κ1) is 29.8. The highest BCUT2D eigenvalue weighted by Gasteiger charge is 2.37. The van der Waals surface area contributed by atoms with Gasteiger partial charge in [0.2, 0.25) is 6.41 Å². The molecule has 4 heterocycles. The summed E-state index contributed by atoms with van der Waals surface area (Å²) in [6, 6.07) is 15.0. The summed E-state index contributed by atoms with van der Waals surface area (Å²) in [5, 5.41) is 4.35. The molecule has 8 nitrogen and oxygen atoms in total. The molecule has 10 heteroatoms. The van der Waals surface area contributed by atoms with Crippen molar-refractivity contribution in [3.05, 3.63) is 76.8 Å². The molecule has 0 bridgehead atoms. The predicted octanol–water partition coefficient (Wildman–Crippen LogP) is 6.45. The number of halogens is 1. The zero-order chi connectivity index (χ0) is 28.9. The molecule has 0 aliphatic carbocycles. The van der Waals surface area contributed by atoms with Gasteiger partial charge in [0, 0.05) is 41.3 Å². The van der Waals surface area contributed by atoms with Crippen molar-refractivity contribution in [1.29, 1.82) is 0 Å². The van der Waals surface area contributed by atoms with Gasteiger partial charge in [-0.25, -0.2) is 9.97 Å². The Bertz CT molecular complexity index is 1330. The van der Waals surface area contributed by atoms with Crippen molar-refractivity contribution in [2.45, 2.75) is 75.9 Å². The second-order valence-corrected chi connectivity index (χ2v) is 13.0. The number of anilines is 1. The van der Waals surface area contributed by atoms with Gasteiger partial charge in [-0.2, -0.15) is 0 Å². The molecular weight excluding hydrogens is 544 g/mol. The minimum atomic E-state index is -0.335. The third kappa shape index (κ3) is 7.52. The summed E-state index contributed by atoms with van der Waals surface area (Å²) in [5.41, 5.74) is 1.78. The molecule has 0 saturated carbocycles. The van der Waals surface area contributed by atoms with Crippen LogP contribution in [0.1, 0.15) is 81.7 Å². The van der Waals surface area contributed by atoms with Crippen molar-refractivity contribution in [1.82, 2.24) is 24.6 Å². The van der Waals surface area contributed by atoms with Crippen LogP contribution in [0.3, 0.4) is 0 Å². The van der Waals surface area contributed by atoms with Crippen LogP contribution in [0.5, 0.6) is 0 Å². The molecule has 1 fully saturated rings. The van der Waals surface area contributed by atoms with E-state index >= 15 is 0 Å². The highest BCUT2D eigenvalue weighted by Crippen LogP contribution is 2.36. The van der Waals surface area contributed by atoms with Gasteiger partial charge in [0.15, 0.2) is 0 Å². The van der Waals surface area contributed by atoms with Crippen LogP contribution >= 0.6 is 23.5 Å². The molecule has 0 radical (unpaired) electrons. The second kappa shape index (κ2) is 12.6. The molecule has 3 aromatic rings. The number of likely N-dealkylation sites (tertiary alicyclic amines) is 1. The number of aromatic nitrogens is 3. The first-order valence-electron chi connectivity index (χ1n) is 13.5. The molecular formula is C30H37ClN6O2S. The van der Waals surface area contributed by atoms with Crippen LogP contribution in [0.4, 0.5) is 5.82 Å². The maximum atomic E-state index is 12.8. The Hall–Kier alpha value is -3.17. The van der Waals surface area contributed by atoms with E-state index in [0.717, 1.165) is 55.6 Å². The molecule has 1 saturated heterocycles. The predicted molar refractivity (Wildman–Crippen MR) is 160 cm³/mol. The maximum absolute atomic E-state index is 12.8. The summed E-state index contributed by atoms with van der Waals surface area (Å²) < 4.78 is 2.82. The number of nitrogens with one attached hydrogen (secondary N) is 2. The topological polar surface area (TPSA) is 100 Å². The lowest BCUT2D eigenvalue weighted by molar-refractivity contribution is -0.120. The number of nitrogens with zero attached hydrogens (tertiary/aromatic N) is 4. The van der Waals surface area contributed by atoms with E-state index in [1.165, 1.54) is 0 Å². The molecule has 1 aliphatic rings. The lowest BCUT2D eigenvalue weighted by atomic mass is 9.91. The zero-order valence-corrected chi connectivity index (χ0v) is 25.2. The molecule has 2 N–H and O–H groups in total. The van der Waals surface area contributed by atoms with Crippen LogP contribution in [0.25, 0.3) is 0 Å². The summed E-state index contributed by atoms with van der Waals surface area (Å²) in [6.07, 6.45) is 5.53. The van der Waals surface area contributed by atoms with E-state index in [-0.39, 0.29) is 28.1 Å². The molecule has 2 atom stereocenters. The number of rotatable bonds is 10. The van der Waals surface area contributed by atoms with Crippen LogP contribution in [0.2, 0.25) is 5.15 Å². The number of carbonyl (C=O) groups excluding carboxylic acids is 2. The lowest BCUT2D eigenvalue weighted by Crippen LogP contribution is -2.36. The fourth-order valence-corrected chi connectivity index (χ4v) is 5.81. The minimum absolute atomic E-state index is 0.0526. The third-order valence-electron chi connectivity index (χ3n) is 7.21. The zero-order valence-electron chi connectivity index (χ0n) is 23.6. The summed E-state index contributed by atoms with van der Waals surface area (Å²) >= 11 is 7.45. The largest absolute Gasteiger partial charge is 0.362 e. The first-order chi connectivity index (χ1) is 19.0. The van der Waals surface area contributed by atoms with Crippen molar-refractivity contribution in [2.75, 3.05) is 11.9 Å². The second-order valence-electron chi connectivity index (χ2n) is 11.8. The third-order valence-corrected chi connectivity index (χ3v) is 8.22. The van der Waals surface area contributed by atoms with E-state index in [2.05, 4.69) is 33.9 Å². The molecule has 0 spiro atoms. The number of hydrogen-bond acceptors (Lipinski definition) is 7. The van der Waals surface area contributed by atoms with Gasteiger partial charge in [-0.05, 0) is 75.4 Å². The number of amides is 2.